The second kappa shape index (κ2) is 5.20. The Kier molecular flexibility index (Phi) is 3.79. The lowest BCUT2D eigenvalue weighted by Gasteiger charge is -2.07. The van der Waals surface area contributed by atoms with Gasteiger partial charge in [0, 0.05) is 0 Å². The summed E-state index contributed by atoms with van der Waals surface area (Å²) in [5, 5.41) is 7.51. The number of anilines is 1. The highest BCUT2D eigenvalue weighted by molar-refractivity contribution is 7.89. The molecular formula is C11H10ClFN2O3S. The molecule has 0 bridgehead atoms. The zero-order valence-corrected chi connectivity index (χ0v) is 11.1. The van der Waals surface area contributed by atoms with Crippen molar-refractivity contribution in [3.05, 3.63) is 46.9 Å². The molecule has 0 aliphatic rings. The van der Waals surface area contributed by atoms with E-state index in [4.69, 9.17) is 21.2 Å². The molecule has 0 spiro atoms. The van der Waals surface area contributed by atoms with E-state index < -0.39 is 15.8 Å². The summed E-state index contributed by atoms with van der Waals surface area (Å²) in [6.45, 7) is 0.0795. The molecule has 0 saturated carbocycles. The number of nitrogens with one attached hydrogen (secondary N) is 1. The van der Waals surface area contributed by atoms with Crippen molar-refractivity contribution in [2.24, 2.45) is 5.14 Å². The van der Waals surface area contributed by atoms with Crippen LogP contribution in [0.2, 0.25) is 5.02 Å². The number of rotatable bonds is 4. The smallest absolute Gasteiger partial charge is 0.271 e. The largest absolute Gasteiger partial charge is 0.446 e. The highest BCUT2D eigenvalue weighted by Gasteiger charge is 2.13. The molecule has 2 aromatic rings. The first kappa shape index (κ1) is 13.9. The van der Waals surface area contributed by atoms with E-state index in [0.717, 1.165) is 0 Å². The van der Waals surface area contributed by atoms with Gasteiger partial charge in [0.1, 0.15) is 11.6 Å². The summed E-state index contributed by atoms with van der Waals surface area (Å²) in [5.41, 5.74) is 0.123. The van der Waals surface area contributed by atoms with Crippen molar-refractivity contribution in [2.45, 2.75) is 11.6 Å². The lowest BCUT2D eigenvalue weighted by molar-refractivity contribution is 0.419. The minimum Gasteiger partial charge on any atom is -0.446 e. The molecule has 0 unspecified atom stereocenters. The molecule has 1 heterocycles. The quantitative estimate of drug-likeness (QED) is 0.908. The Bertz CT molecular complexity index is 679. The molecule has 5 nitrogen and oxygen atoms in total. The number of primary sulfonamides is 1. The predicted molar refractivity (Wildman–Crippen MR) is 68.8 cm³/mol. The zero-order valence-electron chi connectivity index (χ0n) is 9.56. The van der Waals surface area contributed by atoms with Gasteiger partial charge in [0.2, 0.25) is 5.09 Å². The van der Waals surface area contributed by atoms with Crippen LogP contribution in [-0.4, -0.2) is 8.42 Å². The monoisotopic (exact) mass is 304 g/mol. The van der Waals surface area contributed by atoms with Crippen LogP contribution in [0.3, 0.4) is 0 Å². The fourth-order valence-electron chi connectivity index (χ4n) is 1.45. The molecule has 0 aliphatic carbocycles. The van der Waals surface area contributed by atoms with Gasteiger partial charge >= 0.3 is 0 Å². The lowest BCUT2D eigenvalue weighted by Crippen LogP contribution is -2.10. The van der Waals surface area contributed by atoms with Gasteiger partial charge in [-0.05, 0) is 24.3 Å². The van der Waals surface area contributed by atoms with Crippen molar-refractivity contribution in [3.8, 4) is 0 Å². The molecule has 0 aliphatic heterocycles. The van der Waals surface area contributed by atoms with E-state index >= 15 is 0 Å². The third-order valence-corrected chi connectivity index (χ3v) is 3.41. The molecule has 8 heteroatoms. The summed E-state index contributed by atoms with van der Waals surface area (Å²) in [6.07, 6.45) is 0. The molecule has 0 amide bonds. The summed E-state index contributed by atoms with van der Waals surface area (Å²) in [6, 6.07) is 6.93. The van der Waals surface area contributed by atoms with E-state index in [1.165, 1.54) is 30.3 Å². The first-order valence-electron chi connectivity index (χ1n) is 5.17. The molecule has 0 radical (unpaired) electrons. The summed E-state index contributed by atoms with van der Waals surface area (Å²) in [7, 11) is -3.88. The van der Waals surface area contributed by atoms with Crippen LogP contribution >= 0.6 is 11.6 Å². The van der Waals surface area contributed by atoms with Crippen LogP contribution in [0.5, 0.6) is 0 Å². The van der Waals surface area contributed by atoms with Gasteiger partial charge in [-0.1, -0.05) is 17.7 Å². The Morgan fingerprint density at radius 1 is 1.32 bits per heavy atom. The molecule has 3 N–H and O–H groups in total. The van der Waals surface area contributed by atoms with Crippen molar-refractivity contribution in [1.82, 2.24) is 0 Å². The van der Waals surface area contributed by atoms with Crippen LogP contribution in [0.15, 0.2) is 39.8 Å². The van der Waals surface area contributed by atoms with Crippen LogP contribution in [0.1, 0.15) is 5.76 Å². The predicted octanol–water partition coefficient (Wildman–Crippen LogP) is 2.33. The van der Waals surface area contributed by atoms with Crippen LogP contribution < -0.4 is 10.5 Å². The van der Waals surface area contributed by atoms with Gasteiger partial charge in [-0.25, -0.2) is 17.9 Å². The Morgan fingerprint density at radius 3 is 2.63 bits per heavy atom. The average molecular weight is 305 g/mol. The van der Waals surface area contributed by atoms with E-state index in [9.17, 15) is 12.8 Å². The Labute approximate surface area is 114 Å². The van der Waals surface area contributed by atoms with Crippen LogP contribution in [-0.2, 0) is 16.6 Å². The van der Waals surface area contributed by atoms with Crippen LogP contribution in [0, 0.1) is 5.82 Å². The summed E-state index contributed by atoms with van der Waals surface area (Å²) in [4.78, 5) is 0. The fourth-order valence-corrected chi connectivity index (χ4v) is 2.16. The minimum absolute atomic E-state index is 0.0795. The molecule has 2 rings (SSSR count). The maximum Gasteiger partial charge on any atom is 0.271 e. The molecular weight excluding hydrogens is 295 g/mol. The molecule has 0 atom stereocenters. The lowest BCUT2D eigenvalue weighted by atomic mass is 10.3. The topological polar surface area (TPSA) is 85.3 Å². The summed E-state index contributed by atoms with van der Waals surface area (Å²) < 4.78 is 40.5. The van der Waals surface area contributed by atoms with Gasteiger partial charge in [-0.3, -0.25) is 0 Å². The van der Waals surface area contributed by atoms with E-state index in [1.807, 2.05) is 0 Å². The van der Waals surface area contributed by atoms with Gasteiger partial charge in [0.25, 0.3) is 10.0 Å². The Hall–Kier alpha value is -1.57. The van der Waals surface area contributed by atoms with E-state index in [1.54, 1.807) is 0 Å². The average Bonchev–Trinajstić information content (AvgIpc) is 2.77. The molecule has 0 saturated heterocycles. The van der Waals surface area contributed by atoms with Gasteiger partial charge in [0.05, 0.1) is 17.3 Å². The normalized spacial score (nSPS) is 11.5. The van der Waals surface area contributed by atoms with Gasteiger partial charge < -0.3 is 9.73 Å². The summed E-state index contributed by atoms with van der Waals surface area (Å²) >= 11 is 5.82. The number of furan rings is 1. The van der Waals surface area contributed by atoms with Crippen LogP contribution in [0.4, 0.5) is 10.1 Å². The van der Waals surface area contributed by atoms with Crippen molar-refractivity contribution in [3.63, 3.8) is 0 Å². The number of nitrogens with two attached hydrogens (primary N) is 1. The van der Waals surface area contributed by atoms with Gasteiger partial charge in [-0.2, -0.15) is 0 Å². The highest BCUT2D eigenvalue weighted by Crippen LogP contribution is 2.25. The minimum atomic E-state index is -3.88. The highest BCUT2D eigenvalue weighted by atomic mass is 35.5. The van der Waals surface area contributed by atoms with Crippen molar-refractivity contribution < 1.29 is 17.2 Å². The SMILES string of the molecule is NS(=O)(=O)c1ccc(CNc2c(F)cccc2Cl)o1. The van der Waals surface area contributed by atoms with Crippen molar-refractivity contribution in [1.29, 1.82) is 0 Å². The Balaban J connectivity index is 2.13. The number of hydrogen-bond donors (Lipinski definition) is 2. The maximum atomic E-state index is 13.5. The molecule has 1 aromatic heterocycles. The van der Waals surface area contributed by atoms with Gasteiger partial charge in [-0.15, -0.1) is 0 Å². The Morgan fingerprint density at radius 2 is 2.05 bits per heavy atom. The van der Waals surface area contributed by atoms with Crippen molar-refractivity contribution >= 4 is 27.3 Å². The van der Waals surface area contributed by atoms with Crippen molar-refractivity contribution in [2.75, 3.05) is 5.32 Å². The number of halogens is 2. The first-order chi connectivity index (χ1) is 8.88. The molecule has 0 fully saturated rings. The number of para-hydroxylation sites is 1. The maximum absolute atomic E-state index is 13.5. The number of hydrogen-bond acceptors (Lipinski definition) is 4. The third-order valence-electron chi connectivity index (χ3n) is 2.32. The zero-order chi connectivity index (χ0) is 14.0. The second-order valence-electron chi connectivity index (χ2n) is 3.72. The standard InChI is InChI=1S/C11H10ClFN2O3S/c12-8-2-1-3-9(13)11(8)15-6-7-4-5-10(18-7)19(14,16)17/h1-5,15H,6H2,(H2,14,16,17). The third kappa shape index (κ3) is 3.25. The fraction of sp³-hybridized carbons (Fsp3) is 0.0909. The molecule has 1 aromatic carbocycles. The molecule has 19 heavy (non-hydrogen) atoms. The van der Waals surface area contributed by atoms with E-state index in [2.05, 4.69) is 5.32 Å². The number of sulfonamides is 1. The molecule has 102 valence electrons. The number of benzene rings is 1. The van der Waals surface area contributed by atoms with Crippen LogP contribution in [0.25, 0.3) is 0 Å². The first-order valence-corrected chi connectivity index (χ1v) is 7.10. The van der Waals surface area contributed by atoms with Gasteiger partial charge in [0.15, 0.2) is 0 Å². The summed E-state index contributed by atoms with van der Waals surface area (Å²) in [5.74, 6) is -0.214. The second-order valence-corrected chi connectivity index (χ2v) is 5.62. The van der Waals surface area contributed by atoms with E-state index in [0.29, 0.717) is 5.76 Å². The van der Waals surface area contributed by atoms with E-state index in [-0.39, 0.29) is 22.3 Å².